The minimum Gasteiger partial charge on any atom is -0.258 e. The molecule has 0 bridgehead atoms. The smallest absolute Gasteiger partial charge is 0.258 e. The molecule has 0 fully saturated rings. The molecule has 0 radical (unpaired) electrons. The fraction of sp³-hybridized carbons (Fsp3) is 0.182. The molecule has 2 heterocycles. The van der Waals surface area contributed by atoms with Crippen molar-refractivity contribution < 1.29 is 4.92 Å². The Labute approximate surface area is 107 Å². The van der Waals surface area contributed by atoms with Gasteiger partial charge in [-0.2, -0.15) is 0 Å². The Balaban J connectivity index is 2.21. The zero-order chi connectivity index (χ0) is 12.3. The van der Waals surface area contributed by atoms with Crippen molar-refractivity contribution >= 4 is 28.8 Å². The highest BCUT2D eigenvalue weighted by molar-refractivity contribution is 7.99. The molecule has 0 aromatic carbocycles. The summed E-state index contributed by atoms with van der Waals surface area (Å²) < 4.78 is 0. The second-order valence-corrected chi connectivity index (χ2v) is 5.74. The predicted molar refractivity (Wildman–Crippen MR) is 69.5 cm³/mol. The Bertz CT molecular complexity index is 514. The Kier molecular flexibility index (Phi) is 3.75. The normalized spacial score (nSPS) is 12.3. The first-order valence-electron chi connectivity index (χ1n) is 4.97. The Hall–Kier alpha value is -1.40. The van der Waals surface area contributed by atoms with Crippen LogP contribution in [-0.2, 0) is 0 Å². The molecule has 0 saturated heterocycles. The second-order valence-electron chi connectivity index (χ2n) is 3.38. The topological polar surface area (TPSA) is 56.0 Å². The van der Waals surface area contributed by atoms with Crippen LogP contribution >= 0.6 is 23.1 Å². The van der Waals surface area contributed by atoms with E-state index in [0.717, 1.165) is 0 Å². The molecule has 0 unspecified atom stereocenters. The number of thiophene rings is 1. The molecular weight excluding hydrogens is 256 g/mol. The van der Waals surface area contributed by atoms with E-state index in [9.17, 15) is 10.1 Å². The first-order valence-corrected chi connectivity index (χ1v) is 6.73. The van der Waals surface area contributed by atoms with Gasteiger partial charge in [0.25, 0.3) is 0 Å². The maximum atomic E-state index is 10.8. The Morgan fingerprint density at radius 1 is 1.53 bits per heavy atom. The molecule has 0 aliphatic carbocycles. The van der Waals surface area contributed by atoms with Gasteiger partial charge in [-0.1, -0.05) is 6.07 Å². The molecule has 0 aliphatic rings. The van der Waals surface area contributed by atoms with Crippen LogP contribution in [0.1, 0.15) is 17.1 Å². The van der Waals surface area contributed by atoms with Crippen molar-refractivity contribution in [2.24, 2.45) is 0 Å². The average Bonchev–Trinajstić information content (AvgIpc) is 2.83. The summed E-state index contributed by atoms with van der Waals surface area (Å²) in [5, 5.41) is 13.1. The SMILES string of the molecule is C[C@@H](Sc1ccncc1[N+](=O)[O-])c1cccs1. The van der Waals surface area contributed by atoms with Crippen molar-refractivity contribution in [2.75, 3.05) is 0 Å². The van der Waals surface area contributed by atoms with Gasteiger partial charge in [-0.3, -0.25) is 15.1 Å². The van der Waals surface area contributed by atoms with Gasteiger partial charge in [0.1, 0.15) is 6.20 Å². The highest BCUT2D eigenvalue weighted by Gasteiger charge is 2.17. The number of aromatic nitrogens is 1. The van der Waals surface area contributed by atoms with Crippen molar-refractivity contribution in [3.8, 4) is 0 Å². The largest absolute Gasteiger partial charge is 0.301 e. The molecule has 0 aliphatic heterocycles. The highest BCUT2D eigenvalue weighted by atomic mass is 32.2. The predicted octanol–water partition coefficient (Wildman–Crippen LogP) is 3.90. The zero-order valence-corrected chi connectivity index (χ0v) is 10.7. The quantitative estimate of drug-likeness (QED) is 0.478. The van der Waals surface area contributed by atoms with Gasteiger partial charge in [0, 0.05) is 16.3 Å². The van der Waals surface area contributed by atoms with Crippen molar-refractivity contribution in [3.63, 3.8) is 0 Å². The van der Waals surface area contributed by atoms with E-state index in [1.807, 2.05) is 24.4 Å². The van der Waals surface area contributed by atoms with Gasteiger partial charge in [-0.05, 0) is 24.4 Å². The summed E-state index contributed by atoms with van der Waals surface area (Å²) in [5.41, 5.74) is 0.0703. The molecule has 0 saturated carbocycles. The number of hydrogen-bond donors (Lipinski definition) is 0. The second kappa shape index (κ2) is 5.29. The van der Waals surface area contributed by atoms with E-state index < -0.39 is 4.92 Å². The fourth-order valence-electron chi connectivity index (χ4n) is 1.38. The van der Waals surface area contributed by atoms with E-state index in [1.54, 1.807) is 23.6 Å². The summed E-state index contributed by atoms with van der Waals surface area (Å²) >= 11 is 3.14. The maximum Gasteiger partial charge on any atom is 0.301 e. The molecule has 4 nitrogen and oxygen atoms in total. The van der Waals surface area contributed by atoms with E-state index >= 15 is 0 Å². The lowest BCUT2D eigenvalue weighted by atomic mass is 10.4. The number of thioether (sulfide) groups is 1. The van der Waals surface area contributed by atoms with Gasteiger partial charge < -0.3 is 0 Å². The van der Waals surface area contributed by atoms with Crippen LogP contribution < -0.4 is 0 Å². The molecule has 17 heavy (non-hydrogen) atoms. The number of rotatable bonds is 4. The van der Waals surface area contributed by atoms with Crippen LogP contribution in [0.25, 0.3) is 0 Å². The lowest BCUT2D eigenvalue weighted by molar-refractivity contribution is -0.388. The first-order chi connectivity index (χ1) is 8.18. The van der Waals surface area contributed by atoms with E-state index in [0.29, 0.717) is 4.90 Å². The average molecular weight is 266 g/mol. The van der Waals surface area contributed by atoms with Gasteiger partial charge in [-0.15, -0.1) is 23.1 Å². The van der Waals surface area contributed by atoms with Crippen molar-refractivity contribution in [1.29, 1.82) is 0 Å². The third kappa shape index (κ3) is 2.83. The van der Waals surface area contributed by atoms with E-state index in [4.69, 9.17) is 0 Å². The summed E-state index contributed by atoms with van der Waals surface area (Å²) in [5.74, 6) is 0. The van der Waals surface area contributed by atoms with E-state index in [1.165, 1.54) is 22.8 Å². The standard InChI is InChI=1S/C11H10N2O2S2/c1-8(10-3-2-6-16-10)17-11-4-5-12-7-9(11)13(14)15/h2-8H,1H3/t8-/m1/s1. The molecule has 2 aromatic rings. The molecule has 6 heteroatoms. The van der Waals surface area contributed by atoms with Gasteiger partial charge >= 0.3 is 5.69 Å². The van der Waals surface area contributed by atoms with E-state index in [-0.39, 0.29) is 10.9 Å². The van der Waals surface area contributed by atoms with Gasteiger partial charge in [0.15, 0.2) is 0 Å². The highest BCUT2D eigenvalue weighted by Crippen LogP contribution is 2.40. The van der Waals surface area contributed by atoms with Crippen LogP contribution in [0.5, 0.6) is 0 Å². The summed E-state index contributed by atoms with van der Waals surface area (Å²) in [6.45, 7) is 2.04. The monoisotopic (exact) mass is 266 g/mol. The molecule has 1 atom stereocenters. The Morgan fingerprint density at radius 3 is 3.00 bits per heavy atom. The van der Waals surface area contributed by atoms with Crippen LogP contribution in [0.3, 0.4) is 0 Å². The maximum absolute atomic E-state index is 10.8. The van der Waals surface area contributed by atoms with Crippen LogP contribution in [0.15, 0.2) is 40.9 Å². The molecule has 2 rings (SSSR count). The molecular formula is C11H10N2O2S2. The number of pyridine rings is 1. The zero-order valence-electron chi connectivity index (χ0n) is 9.07. The van der Waals surface area contributed by atoms with Gasteiger partial charge in [0.2, 0.25) is 0 Å². The minimum atomic E-state index is -0.392. The van der Waals surface area contributed by atoms with Crippen LogP contribution in [0.2, 0.25) is 0 Å². The van der Waals surface area contributed by atoms with Gasteiger partial charge in [-0.25, -0.2) is 0 Å². The van der Waals surface area contributed by atoms with Gasteiger partial charge in [0.05, 0.1) is 9.82 Å². The number of hydrogen-bond acceptors (Lipinski definition) is 5. The van der Waals surface area contributed by atoms with Crippen molar-refractivity contribution in [1.82, 2.24) is 4.98 Å². The van der Waals surface area contributed by atoms with Crippen molar-refractivity contribution in [2.45, 2.75) is 17.1 Å². The lowest BCUT2D eigenvalue weighted by Gasteiger charge is -2.08. The molecule has 2 aromatic heterocycles. The fourth-order valence-corrected chi connectivity index (χ4v) is 3.32. The summed E-state index contributed by atoms with van der Waals surface area (Å²) in [6.07, 6.45) is 2.87. The van der Waals surface area contributed by atoms with Crippen LogP contribution in [-0.4, -0.2) is 9.91 Å². The third-order valence-electron chi connectivity index (χ3n) is 2.21. The van der Waals surface area contributed by atoms with E-state index in [2.05, 4.69) is 4.98 Å². The van der Waals surface area contributed by atoms with Crippen LogP contribution in [0.4, 0.5) is 5.69 Å². The third-order valence-corrected chi connectivity index (χ3v) is 4.62. The molecule has 0 spiro atoms. The summed E-state index contributed by atoms with van der Waals surface area (Å²) in [4.78, 5) is 16.1. The number of nitrogens with zero attached hydrogens (tertiary/aromatic N) is 2. The number of nitro groups is 1. The Morgan fingerprint density at radius 2 is 2.35 bits per heavy atom. The molecule has 0 N–H and O–H groups in total. The molecule has 0 amide bonds. The minimum absolute atomic E-state index is 0.0703. The first kappa shape index (κ1) is 12.1. The summed E-state index contributed by atoms with van der Waals surface area (Å²) in [7, 11) is 0. The lowest BCUT2D eigenvalue weighted by Crippen LogP contribution is -1.93. The molecule has 88 valence electrons. The summed E-state index contributed by atoms with van der Waals surface area (Å²) in [6, 6.07) is 5.71. The van der Waals surface area contributed by atoms with Crippen LogP contribution in [0, 0.1) is 10.1 Å². The van der Waals surface area contributed by atoms with Crippen molar-refractivity contribution in [3.05, 3.63) is 51.0 Å².